The van der Waals surface area contributed by atoms with Crippen LogP contribution in [0.3, 0.4) is 0 Å². The maximum absolute atomic E-state index is 11.5. The Bertz CT molecular complexity index is 829. The van der Waals surface area contributed by atoms with Gasteiger partial charge < -0.3 is 14.5 Å². The molecule has 2 aromatic carbocycles. The summed E-state index contributed by atoms with van der Waals surface area (Å²) in [5, 5.41) is 3.29. The van der Waals surface area contributed by atoms with Crippen LogP contribution in [0.25, 0.3) is 22.6 Å². The number of oxazole rings is 1. The molecule has 0 spiro atoms. The zero-order chi connectivity index (χ0) is 15.5. The molecular weight excluding hydrogens is 304 g/mol. The first kappa shape index (κ1) is 14.6. The van der Waals surface area contributed by atoms with Crippen LogP contribution in [0.1, 0.15) is 0 Å². The van der Waals surface area contributed by atoms with Gasteiger partial charge in [0.05, 0.1) is 10.6 Å². The summed E-state index contributed by atoms with van der Waals surface area (Å²) in [5.41, 5.74) is 2.62. The number of carbonyl (C=O) groups is 1. The molecule has 112 valence electrons. The lowest BCUT2D eigenvalue weighted by Crippen LogP contribution is -2.16. The van der Waals surface area contributed by atoms with Crippen molar-refractivity contribution < 1.29 is 13.9 Å². The molecule has 0 bridgehead atoms. The number of halogens is 1. The number of nitrogens with zero attached hydrogens (tertiary/aromatic N) is 1. The van der Waals surface area contributed by atoms with Gasteiger partial charge in [0.15, 0.2) is 5.58 Å². The Morgan fingerprint density at radius 3 is 2.91 bits per heavy atom. The molecule has 0 aliphatic carbocycles. The lowest BCUT2D eigenvalue weighted by Gasteiger charge is -2.03. The summed E-state index contributed by atoms with van der Waals surface area (Å²) in [4.78, 5) is 15.9. The van der Waals surface area contributed by atoms with Crippen molar-refractivity contribution in [2.75, 3.05) is 19.0 Å². The Labute approximate surface area is 131 Å². The highest BCUT2D eigenvalue weighted by molar-refractivity contribution is 6.33. The van der Waals surface area contributed by atoms with Crippen molar-refractivity contribution in [2.45, 2.75) is 0 Å². The fourth-order valence-corrected chi connectivity index (χ4v) is 2.30. The van der Waals surface area contributed by atoms with E-state index in [0.717, 1.165) is 5.56 Å². The molecule has 5 nitrogen and oxygen atoms in total. The fourth-order valence-electron chi connectivity index (χ4n) is 2.08. The summed E-state index contributed by atoms with van der Waals surface area (Å²) in [6, 6.07) is 12.6. The number of aromatic nitrogens is 1. The van der Waals surface area contributed by atoms with E-state index in [1.54, 1.807) is 24.3 Å². The number of anilines is 1. The highest BCUT2D eigenvalue weighted by atomic mass is 35.5. The second-order valence-corrected chi connectivity index (χ2v) is 5.07. The molecule has 1 aromatic heterocycles. The Hall–Kier alpha value is -2.37. The van der Waals surface area contributed by atoms with Gasteiger partial charge in [-0.15, -0.1) is 0 Å². The molecule has 0 atom stereocenters. The molecule has 6 heteroatoms. The van der Waals surface area contributed by atoms with Gasteiger partial charge in [-0.25, -0.2) is 4.98 Å². The average Bonchev–Trinajstić information content (AvgIpc) is 2.90. The van der Waals surface area contributed by atoms with Crippen molar-refractivity contribution in [1.82, 2.24) is 4.98 Å². The molecule has 3 aromatic rings. The predicted octanol–water partition coefficient (Wildman–Crippen LogP) is 3.73. The number of rotatable bonds is 4. The molecule has 1 N–H and O–H groups in total. The first-order valence-electron chi connectivity index (χ1n) is 6.61. The predicted molar refractivity (Wildman–Crippen MR) is 85.0 cm³/mol. The van der Waals surface area contributed by atoms with Gasteiger partial charge >= 0.3 is 0 Å². The third-order valence-electron chi connectivity index (χ3n) is 3.05. The largest absolute Gasteiger partial charge is 0.436 e. The maximum atomic E-state index is 11.5. The van der Waals surface area contributed by atoms with Gasteiger partial charge in [-0.2, -0.15) is 0 Å². The van der Waals surface area contributed by atoms with Crippen molar-refractivity contribution in [3.8, 4) is 11.5 Å². The topological polar surface area (TPSA) is 64.4 Å². The number of methoxy groups -OCH3 is 1. The van der Waals surface area contributed by atoms with E-state index in [0.29, 0.717) is 27.7 Å². The summed E-state index contributed by atoms with van der Waals surface area (Å²) in [6.07, 6.45) is 0. The quantitative estimate of drug-likeness (QED) is 0.796. The molecule has 0 aliphatic rings. The van der Waals surface area contributed by atoms with Crippen molar-refractivity contribution in [3.05, 3.63) is 47.5 Å². The minimum Gasteiger partial charge on any atom is -0.436 e. The van der Waals surface area contributed by atoms with Gasteiger partial charge in [-0.05, 0) is 24.3 Å². The van der Waals surface area contributed by atoms with Crippen LogP contribution in [0.5, 0.6) is 0 Å². The van der Waals surface area contributed by atoms with E-state index in [1.165, 1.54) is 7.11 Å². The van der Waals surface area contributed by atoms with Gasteiger partial charge in [0, 0.05) is 18.9 Å². The molecule has 0 fully saturated rings. The van der Waals surface area contributed by atoms with Crippen molar-refractivity contribution >= 4 is 34.3 Å². The summed E-state index contributed by atoms with van der Waals surface area (Å²) in [5.74, 6) is 0.216. The van der Waals surface area contributed by atoms with E-state index >= 15 is 0 Å². The smallest absolute Gasteiger partial charge is 0.250 e. The van der Waals surface area contributed by atoms with Crippen molar-refractivity contribution in [1.29, 1.82) is 0 Å². The summed E-state index contributed by atoms with van der Waals surface area (Å²) in [7, 11) is 1.47. The summed E-state index contributed by atoms with van der Waals surface area (Å²) >= 11 is 6.15. The molecule has 22 heavy (non-hydrogen) atoms. The first-order valence-corrected chi connectivity index (χ1v) is 6.99. The Morgan fingerprint density at radius 2 is 2.14 bits per heavy atom. The van der Waals surface area contributed by atoms with Gasteiger partial charge in [0.2, 0.25) is 11.8 Å². The number of hydrogen-bond donors (Lipinski definition) is 1. The maximum Gasteiger partial charge on any atom is 0.250 e. The Kier molecular flexibility index (Phi) is 4.09. The van der Waals surface area contributed by atoms with Crippen LogP contribution in [0.4, 0.5) is 5.69 Å². The lowest BCUT2D eigenvalue weighted by molar-refractivity contribution is -0.119. The number of ether oxygens (including phenoxy) is 1. The van der Waals surface area contributed by atoms with Crippen LogP contribution >= 0.6 is 11.6 Å². The summed E-state index contributed by atoms with van der Waals surface area (Å²) < 4.78 is 10.5. The SMILES string of the molecule is COCC(=O)Nc1ccc2nc(-c3ccccc3Cl)oc2c1. The zero-order valence-corrected chi connectivity index (χ0v) is 12.6. The van der Waals surface area contributed by atoms with E-state index in [-0.39, 0.29) is 12.5 Å². The second kappa shape index (κ2) is 6.17. The molecule has 0 saturated heterocycles. The van der Waals surface area contributed by atoms with E-state index in [4.69, 9.17) is 20.8 Å². The van der Waals surface area contributed by atoms with E-state index in [9.17, 15) is 4.79 Å². The molecule has 0 saturated carbocycles. The van der Waals surface area contributed by atoms with Crippen LogP contribution in [-0.2, 0) is 9.53 Å². The van der Waals surface area contributed by atoms with Crippen molar-refractivity contribution in [3.63, 3.8) is 0 Å². The zero-order valence-electron chi connectivity index (χ0n) is 11.8. The molecule has 3 rings (SSSR count). The van der Waals surface area contributed by atoms with Crippen LogP contribution in [0.2, 0.25) is 5.02 Å². The van der Waals surface area contributed by atoms with Gasteiger partial charge in [0.1, 0.15) is 12.1 Å². The molecule has 1 amide bonds. The summed E-state index contributed by atoms with van der Waals surface area (Å²) in [6.45, 7) is -0.000679. The van der Waals surface area contributed by atoms with E-state index in [2.05, 4.69) is 10.3 Å². The average molecular weight is 317 g/mol. The van der Waals surface area contributed by atoms with E-state index < -0.39 is 0 Å². The number of amides is 1. The molecule has 0 aliphatic heterocycles. The number of carbonyl (C=O) groups excluding carboxylic acids is 1. The molecular formula is C16H13ClN2O3. The number of nitrogens with one attached hydrogen (secondary N) is 1. The molecule has 0 unspecified atom stereocenters. The molecule has 1 heterocycles. The number of hydrogen-bond acceptors (Lipinski definition) is 4. The molecule has 0 radical (unpaired) electrons. The normalized spacial score (nSPS) is 10.8. The Balaban J connectivity index is 1.94. The Morgan fingerprint density at radius 1 is 1.32 bits per heavy atom. The van der Waals surface area contributed by atoms with Gasteiger partial charge in [-0.3, -0.25) is 4.79 Å². The van der Waals surface area contributed by atoms with Gasteiger partial charge in [-0.1, -0.05) is 23.7 Å². The lowest BCUT2D eigenvalue weighted by atomic mass is 10.2. The van der Waals surface area contributed by atoms with Gasteiger partial charge in [0.25, 0.3) is 0 Å². The minimum atomic E-state index is -0.229. The van der Waals surface area contributed by atoms with Crippen LogP contribution < -0.4 is 5.32 Å². The van der Waals surface area contributed by atoms with Crippen LogP contribution in [-0.4, -0.2) is 24.6 Å². The fraction of sp³-hybridized carbons (Fsp3) is 0.125. The number of benzene rings is 2. The third-order valence-corrected chi connectivity index (χ3v) is 3.38. The second-order valence-electron chi connectivity index (χ2n) is 4.66. The van der Waals surface area contributed by atoms with Crippen molar-refractivity contribution in [2.24, 2.45) is 0 Å². The van der Waals surface area contributed by atoms with Crippen LogP contribution in [0.15, 0.2) is 46.9 Å². The highest BCUT2D eigenvalue weighted by Gasteiger charge is 2.12. The standard InChI is InChI=1S/C16H13ClN2O3/c1-21-9-15(20)18-10-6-7-13-14(8-10)22-16(19-13)11-4-2-3-5-12(11)17/h2-8H,9H2,1H3,(H,18,20). The van der Waals surface area contributed by atoms with Crippen LogP contribution in [0, 0.1) is 0 Å². The monoisotopic (exact) mass is 316 g/mol. The third kappa shape index (κ3) is 2.95. The minimum absolute atomic E-state index is 0.000679. The number of fused-ring (bicyclic) bond motifs is 1. The highest BCUT2D eigenvalue weighted by Crippen LogP contribution is 2.30. The first-order chi connectivity index (χ1) is 10.7. The van der Waals surface area contributed by atoms with E-state index in [1.807, 2.05) is 18.2 Å².